The minimum atomic E-state index is -0.741. The van der Waals surface area contributed by atoms with Crippen molar-refractivity contribution in [3.8, 4) is 0 Å². The topological polar surface area (TPSA) is 104 Å². The molecule has 26 heavy (non-hydrogen) atoms. The summed E-state index contributed by atoms with van der Waals surface area (Å²) in [4.78, 5) is 50.8. The Hall–Kier alpha value is -3.23. The highest BCUT2D eigenvalue weighted by atomic mass is 16.6. The SMILES string of the molecule is CCN(CC)c1ccc([N+](=O)[O-])cc1C=C1C(=O)N(C)C(=O)N(C)C1=O. The molecule has 0 spiro atoms. The summed E-state index contributed by atoms with van der Waals surface area (Å²) in [6.07, 6.45) is 1.31. The third-order valence-electron chi connectivity index (χ3n) is 4.27. The molecular weight excluding hydrogens is 340 g/mol. The second kappa shape index (κ2) is 7.34. The van der Waals surface area contributed by atoms with Gasteiger partial charge in [-0.15, -0.1) is 0 Å². The molecule has 1 heterocycles. The van der Waals surface area contributed by atoms with Crippen LogP contribution in [0.3, 0.4) is 0 Å². The number of urea groups is 1. The Bertz CT molecular complexity index is 787. The number of carbonyl (C=O) groups excluding carboxylic acids is 3. The van der Waals surface area contributed by atoms with Gasteiger partial charge in [0, 0.05) is 50.6 Å². The average Bonchev–Trinajstić information content (AvgIpc) is 2.63. The number of hydrogen-bond acceptors (Lipinski definition) is 6. The first-order valence-electron chi connectivity index (χ1n) is 8.08. The van der Waals surface area contributed by atoms with E-state index < -0.39 is 22.8 Å². The number of non-ortho nitro benzene ring substituents is 1. The summed E-state index contributed by atoms with van der Waals surface area (Å²) in [5.74, 6) is -1.48. The summed E-state index contributed by atoms with van der Waals surface area (Å²) in [7, 11) is 2.56. The highest BCUT2D eigenvalue weighted by Crippen LogP contribution is 2.29. The first-order valence-corrected chi connectivity index (χ1v) is 8.08. The van der Waals surface area contributed by atoms with E-state index in [4.69, 9.17) is 0 Å². The van der Waals surface area contributed by atoms with Gasteiger partial charge in [0.25, 0.3) is 17.5 Å². The molecule has 1 aromatic carbocycles. The predicted octanol–water partition coefficient (Wildman–Crippen LogP) is 1.87. The normalized spacial score (nSPS) is 14.8. The van der Waals surface area contributed by atoms with Crippen LogP contribution in [-0.2, 0) is 9.59 Å². The minimum absolute atomic E-state index is 0.152. The van der Waals surface area contributed by atoms with Gasteiger partial charge in [-0.1, -0.05) is 0 Å². The number of nitro benzene ring substituents is 1. The van der Waals surface area contributed by atoms with Crippen molar-refractivity contribution in [2.45, 2.75) is 13.8 Å². The van der Waals surface area contributed by atoms with Gasteiger partial charge in [0.05, 0.1) is 4.92 Å². The van der Waals surface area contributed by atoms with E-state index in [0.29, 0.717) is 24.3 Å². The number of anilines is 1. The maximum Gasteiger partial charge on any atom is 0.333 e. The number of nitrogens with zero attached hydrogens (tertiary/aromatic N) is 4. The van der Waals surface area contributed by atoms with Crippen LogP contribution in [0.2, 0.25) is 0 Å². The van der Waals surface area contributed by atoms with Crippen LogP contribution in [0, 0.1) is 10.1 Å². The number of nitro groups is 1. The van der Waals surface area contributed by atoms with Gasteiger partial charge in [0.15, 0.2) is 0 Å². The van der Waals surface area contributed by atoms with E-state index in [1.807, 2.05) is 18.7 Å². The zero-order valence-electron chi connectivity index (χ0n) is 15.1. The molecule has 1 saturated heterocycles. The van der Waals surface area contributed by atoms with Crippen molar-refractivity contribution < 1.29 is 19.3 Å². The van der Waals surface area contributed by atoms with Crippen LogP contribution in [0.1, 0.15) is 19.4 Å². The van der Waals surface area contributed by atoms with E-state index in [0.717, 1.165) is 9.80 Å². The van der Waals surface area contributed by atoms with Crippen molar-refractivity contribution in [2.24, 2.45) is 0 Å². The van der Waals surface area contributed by atoms with Crippen molar-refractivity contribution in [3.63, 3.8) is 0 Å². The van der Waals surface area contributed by atoms with Gasteiger partial charge >= 0.3 is 6.03 Å². The standard InChI is InChI=1S/C17H20N4O5/c1-5-20(6-2)14-8-7-12(21(25)26)9-11(14)10-13-15(22)18(3)17(24)19(4)16(13)23/h7-10H,5-6H2,1-4H3. The fraction of sp³-hybridized carbons (Fsp3) is 0.353. The van der Waals surface area contributed by atoms with Crippen molar-refractivity contribution >= 4 is 35.3 Å². The molecule has 4 amide bonds. The summed E-state index contributed by atoms with van der Waals surface area (Å²) < 4.78 is 0. The third kappa shape index (κ3) is 3.28. The van der Waals surface area contributed by atoms with Gasteiger partial charge in [0.1, 0.15) is 5.57 Å². The number of barbiturate groups is 1. The van der Waals surface area contributed by atoms with Crippen molar-refractivity contribution in [2.75, 3.05) is 32.1 Å². The molecule has 0 radical (unpaired) electrons. The number of amides is 4. The van der Waals surface area contributed by atoms with Gasteiger partial charge < -0.3 is 4.90 Å². The molecular formula is C17H20N4O5. The molecule has 0 saturated carbocycles. The fourth-order valence-electron chi connectivity index (χ4n) is 2.75. The van der Waals surface area contributed by atoms with Gasteiger partial charge in [-0.05, 0) is 26.0 Å². The molecule has 0 N–H and O–H groups in total. The lowest BCUT2D eigenvalue weighted by atomic mass is 10.0. The number of rotatable bonds is 5. The number of carbonyl (C=O) groups is 3. The van der Waals surface area contributed by atoms with Crippen molar-refractivity contribution in [1.82, 2.24) is 9.80 Å². The molecule has 0 unspecified atom stereocenters. The van der Waals surface area contributed by atoms with Crippen LogP contribution in [-0.4, -0.2) is 59.8 Å². The smallest absolute Gasteiger partial charge is 0.333 e. The Kier molecular flexibility index (Phi) is 5.39. The predicted molar refractivity (Wildman–Crippen MR) is 95.6 cm³/mol. The molecule has 138 valence electrons. The summed E-state index contributed by atoms with van der Waals surface area (Å²) in [5.41, 5.74) is 0.663. The third-order valence-corrected chi connectivity index (χ3v) is 4.27. The van der Waals surface area contributed by atoms with Crippen LogP contribution in [0.25, 0.3) is 6.08 Å². The quantitative estimate of drug-likeness (QED) is 0.344. The molecule has 1 fully saturated rings. The molecule has 1 aliphatic rings. The first kappa shape index (κ1) is 19.1. The average molecular weight is 360 g/mol. The van der Waals surface area contributed by atoms with Crippen LogP contribution in [0.4, 0.5) is 16.2 Å². The Morgan fingerprint density at radius 1 is 1.08 bits per heavy atom. The highest BCUT2D eigenvalue weighted by Gasteiger charge is 2.38. The maximum atomic E-state index is 12.4. The molecule has 9 nitrogen and oxygen atoms in total. The summed E-state index contributed by atoms with van der Waals surface area (Å²) >= 11 is 0. The lowest BCUT2D eigenvalue weighted by Crippen LogP contribution is -2.52. The molecule has 9 heteroatoms. The number of hydrogen-bond donors (Lipinski definition) is 0. The lowest BCUT2D eigenvalue weighted by Gasteiger charge is -2.29. The molecule has 0 aromatic heterocycles. The first-order chi connectivity index (χ1) is 12.2. The van der Waals surface area contributed by atoms with E-state index in [1.165, 1.54) is 32.3 Å². The van der Waals surface area contributed by atoms with Crippen molar-refractivity contribution in [1.29, 1.82) is 0 Å². The Labute approximate surface area is 150 Å². The van der Waals surface area contributed by atoms with E-state index in [1.54, 1.807) is 6.07 Å². The van der Waals surface area contributed by atoms with E-state index >= 15 is 0 Å². The van der Waals surface area contributed by atoms with Crippen LogP contribution in [0.5, 0.6) is 0 Å². The van der Waals surface area contributed by atoms with Crippen LogP contribution in [0.15, 0.2) is 23.8 Å². The van der Waals surface area contributed by atoms with Gasteiger partial charge in [0.2, 0.25) is 0 Å². The van der Waals surface area contributed by atoms with Gasteiger partial charge in [-0.25, -0.2) is 4.79 Å². The second-order valence-electron chi connectivity index (χ2n) is 5.74. The molecule has 1 aromatic rings. The Balaban J connectivity index is 2.64. The van der Waals surface area contributed by atoms with Gasteiger partial charge in [-0.3, -0.25) is 29.5 Å². The molecule has 0 bridgehead atoms. The van der Waals surface area contributed by atoms with Crippen LogP contribution >= 0.6 is 0 Å². The minimum Gasteiger partial charge on any atom is -0.372 e. The van der Waals surface area contributed by atoms with E-state index in [-0.39, 0.29) is 11.3 Å². The lowest BCUT2D eigenvalue weighted by molar-refractivity contribution is -0.384. The Morgan fingerprint density at radius 3 is 2.08 bits per heavy atom. The largest absolute Gasteiger partial charge is 0.372 e. The zero-order valence-corrected chi connectivity index (χ0v) is 15.1. The highest BCUT2D eigenvalue weighted by molar-refractivity contribution is 6.30. The maximum absolute atomic E-state index is 12.4. The number of benzene rings is 1. The molecule has 0 atom stereocenters. The van der Waals surface area contributed by atoms with E-state index in [9.17, 15) is 24.5 Å². The zero-order chi connectivity index (χ0) is 19.6. The summed E-state index contributed by atoms with van der Waals surface area (Å²) in [5, 5.41) is 11.1. The second-order valence-corrected chi connectivity index (χ2v) is 5.74. The fourth-order valence-corrected chi connectivity index (χ4v) is 2.75. The monoisotopic (exact) mass is 360 g/mol. The van der Waals surface area contributed by atoms with Gasteiger partial charge in [-0.2, -0.15) is 0 Å². The molecule has 1 aliphatic heterocycles. The van der Waals surface area contributed by atoms with E-state index in [2.05, 4.69) is 0 Å². The Morgan fingerprint density at radius 2 is 1.62 bits per heavy atom. The molecule has 0 aliphatic carbocycles. The van der Waals surface area contributed by atoms with Crippen molar-refractivity contribution in [3.05, 3.63) is 39.4 Å². The molecule has 2 rings (SSSR count). The number of likely N-dealkylation sites (N-methyl/N-ethyl adjacent to an activating group) is 2. The summed E-state index contributed by atoms with van der Waals surface area (Å²) in [6, 6.07) is 3.56. The van der Waals surface area contributed by atoms with Crippen LogP contribution < -0.4 is 4.90 Å². The number of imide groups is 2. The summed E-state index contributed by atoms with van der Waals surface area (Å²) in [6.45, 7) is 5.15.